The van der Waals surface area contributed by atoms with Gasteiger partial charge in [-0.05, 0) is 20.5 Å². The van der Waals surface area contributed by atoms with Gasteiger partial charge in [0.1, 0.15) is 0 Å². The summed E-state index contributed by atoms with van der Waals surface area (Å²) in [5.74, 6) is 0. The fourth-order valence-electron chi connectivity index (χ4n) is 0.641. The molecule has 0 aliphatic heterocycles. The number of aliphatic hydroxyl groups excluding tert-OH is 1. The first-order valence-corrected chi connectivity index (χ1v) is 3.68. The number of likely N-dealkylation sites (N-methyl/N-ethyl adjacent to an activating group) is 1. The van der Waals surface area contributed by atoms with Crippen LogP contribution in [-0.2, 0) is 4.74 Å². The topological polar surface area (TPSA) is 32.7 Å². The second-order valence-electron chi connectivity index (χ2n) is 2.26. The molecule has 62 valence electrons. The average molecular weight is 147 g/mol. The van der Waals surface area contributed by atoms with Crippen LogP contribution in [0, 0.1) is 0 Å². The standard InChI is InChI=1S/C7H17NO2/c1-4-8(3)6-7(9)10-5-2/h7,9H,4-6H2,1-3H3. The van der Waals surface area contributed by atoms with E-state index in [0.717, 1.165) is 6.54 Å². The Balaban J connectivity index is 3.27. The molecule has 0 aromatic heterocycles. The maximum atomic E-state index is 9.09. The van der Waals surface area contributed by atoms with Crippen molar-refractivity contribution in [3.8, 4) is 0 Å². The normalized spacial score (nSPS) is 14.1. The van der Waals surface area contributed by atoms with Crippen molar-refractivity contribution in [1.29, 1.82) is 0 Å². The van der Waals surface area contributed by atoms with Gasteiger partial charge in [-0.2, -0.15) is 0 Å². The lowest BCUT2D eigenvalue weighted by molar-refractivity contribution is -0.106. The molecule has 10 heavy (non-hydrogen) atoms. The lowest BCUT2D eigenvalue weighted by Gasteiger charge is -2.17. The van der Waals surface area contributed by atoms with E-state index in [0.29, 0.717) is 13.2 Å². The summed E-state index contributed by atoms with van der Waals surface area (Å²) in [5.41, 5.74) is 0. The van der Waals surface area contributed by atoms with Crippen molar-refractivity contribution in [3.63, 3.8) is 0 Å². The molecule has 0 radical (unpaired) electrons. The second kappa shape index (κ2) is 5.65. The summed E-state index contributed by atoms with van der Waals surface area (Å²) in [6, 6.07) is 0. The Morgan fingerprint density at radius 2 is 2.10 bits per heavy atom. The lowest BCUT2D eigenvalue weighted by atomic mass is 10.5. The first kappa shape index (κ1) is 9.88. The molecule has 1 unspecified atom stereocenters. The van der Waals surface area contributed by atoms with Gasteiger partial charge in [-0.1, -0.05) is 6.92 Å². The SMILES string of the molecule is CCOC(O)CN(C)CC. The van der Waals surface area contributed by atoms with Gasteiger partial charge in [-0.3, -0.25) is 0 Å². The zero-order valence-electron chi connectivity index (χ0n) is 7.00. The van der Waals surface area contributed by atoms with Crippen LogP contribution in [0.4, 0.5) is 0 Å². The maximum Gasteiger partial charge on any atom is 0.167 e. The number of hydrogen-bond donors (Lipinski definition) is 1. The molecule has 0 aliphatic rings. The van der Waals surface area contributed by atoms with Crippen LogP contribution in [0.5, 0.6) is 0 Å². The zero-order chi connectivity index (χ0) is 7.98. The minimum Gasteiger partial charge on any atom is -0.367 e. The Labute approximate surface area is 62.6 Å². The van der Waals surface area contributed by atoms with Crippen LogP contribution < -0.4 is 0 Å². The van der Waals surface area contributed by atoms with Crippen molar-refractivity contribution in [1.82, 2.24) is 4.90 Å². The first-order valence-electron chi connectivity index (χ1n) is 3.68. The van der Waals surface area contributed by atoms with Gasteiger partial charge < -0.3 is 14.7 Å². The van der Waals surface area contributed by atoms with Crippen molar-refractivity contribution in [2.24, 2.45) is 0 Å². The molecule has 0 rings (SSSR count). The minimum absolute atomic E-state index is 0.568. The van der Waals surface area contributed by atoms with Crippen LogP contribution in [-0.4, -0.2) is 43.0 Å². The smallest absolute Gasteiger partial charge is 0.167 e. The van der Waals surface area contributed by atoms with Crippen LogP contribution >= 0.6 is 0 Å². The Kier molecular flexibility index (Phi) is 5.58. The van der Waals surface area contributed by atoms with Crippen LogP contribution in [0.3, 0.4) is 0 Å². The molecule has 3 nitrogen and oxygen atoms in total. The molecular formula is C7H17NO2. The van der Waals surface area contributed by atoms with Gasteiger partial charge in [0.25, 0.3) is 0 Å². The second-order valence-corrected chi connectivity index (χ2v) is 2.26. The Bertz CT molecular complexity index is 78.0. The fraction of sp³-hybridized carbons (Fsp3) is 1.00. The highest BCUT2D eigenvalue weighted by molar-refractivity contribution is 4.48. The molecular weight excluding hydrogens is 130 g/mol. The summed E-state index contributed by atoms with van der Waals surface area (Å²) in [5, 5.41) is 9.09. The largest absolute Gasteiger partial charge is 0.367 e. The molecule has 0 bridgehead atoms. The zero-order valence-corrected chi connectivity index (χ0v) is 7.00. The van der Waals surface area contributed by atoms with Gasteiger partial charge in [-0.25, -0.2) is 0 Å². The third-order valence-corrected chi connectivity index (χ3v) is 1.37. The quantitative estimate of drug-likeness (QED) is 0.567. The van der Waals surface area contributed by atoms with Crippen molar-refractivity contribution < 1.29 is 9.84 Å². The number of hydrogen-bond acceptors (Lipinski definition) is 3. The van der Waals surface area contributed by atoms with Crippen molar-refractivity contribution >= 4 is 0 Å². The molecule has 0 saturated heterocycles. The third kappa shape index (κ3) is 4.73. The Morgan fingerprint density at radius 1 is 1.50 bits per heavy atom. The minimum atomic E-state index is -0.630. The molecule has 0 aromatic carbocycles. The molecule has 0 aliphatic carbocycles. The number of aliphatic hydroxyl groups is 1. The first-order chi connectivity index (χ1) is 4.70. The third-order valence-electron chi connectivity index (χ3n) is 1.37. The van der Waals surface area contributed by atoms with E-state index in [2.05, 4.69) is 0 Å². The molecule has 0 amide bonds. The van der Waals surface area contributed by atoms with Gasteiger partial charge in [0, 0.05) is 13.2 Å². The molecule has 0 saturated carbocycles. The van der Waals surface area contributed by atoms with Crippen LogP contribution in [0.2, 0.25) is 0 Å². The van der Waals surface area contributed by atoms with E-state index in [-0.39, 0.29) is 0 Å². The predicted molar refractivity (Wildman–Crippen MR) is 40.8 cm³/mol. The van der Waals surface area contributed by atoms with Crippen LogP contribution in [0.1, 0.15) is 13.8 Å². The van der Waals surface area contributed by atoms with Gasteiger partial charge in [-0.15, -0.1) is 0 Å². The maximum absolute atomic E-state index is 9.09. The fourth-order valence-corrected chi connectivity index (χ4v) is 0.641. The van der Waals surface area contributed by atoms with Crippen molar-refractivity contribution in [2.45, 2.75) is 20.1 Å². The predicted octanol–water partition coefficient (Wildman–Crippen LogP) is 0.293. The van der Waals surface area contributed by atoms with Crippen molar-refractivity contribution in [2.75, 3.05) is 26.7 Å². The van der Waals surface area contributed by atoms with E-state index in [1.807, 2.05) is 25.8 Å². The number of nitrogens with zero attached hydrogens (tertiary/aromatic N) is 1. The summed E-state index contributed by atoms with van der Waals surface area (Å²) in [6.45, 7) is 6.00. The lowest BCUT2D eigenvalue weighted by Crippen LogP contribution is -2.30. The molecule has 1 N–H and O–H groups in total. The van der Waals surface area contributed by atoms with E-state index in [1.54, 1.807) is 0 Å². The molecule has 3 heteroatoms. The molecule has 0 fully saturated rings. The Morgan fingerprint density at radius 3 is 2.50 bits per heavy atom. The van der Waals surface area contributed by atoms with E-state index in [9.17, 15) is 0 Å². The summed E-state index contributed by atoms with van der Waals surface area (Å²) < 4.78 is 4.93. The van der Waals surface area contributed by atoms with Crippen LogP contribution in [0.25, 0.3) is 0 Å². The van der Waals surface area contributed by atoms with Gasteiger partial charge in [0.15, 0.2) is 6.29 Å². The highest BCUT2D eigenvalue weighted by Crippen LogP contribution is 1.89. The van der Waals surface area contributed by atoms with Crippen molar-refractivity contribution in [3.05, 3.63) is 0 Å². The number of ether oxygens (including phenoxy) is 1. The summed E-state index contributed by atoms with van der Waals surface area (Å²) in [6.07, 6.45) is -0.630. The van der Waals surface area contributed by atoms with E-state index in [4.69, 9.17) is 9.84 Å². The molecule has 0 heterocycles. The van der Waals surface area contributed by atoms with Gasteiger partial charge >= 0.3 is 0 Å². The highest BCUT2D eigenvalue weighted by atomic mass is 16.6. The molecule has 1 atom stereocenters. The molecule has 0 aromatic rings. The van der Waals surface area contributed by atoms with E-state index >= 15 is 0 Å². The summed E-state index contributed by atoms with van der Waals surface area (Å²) in [4.78, 5) is 2.00. The monoisotopic (exact) mass is 147 g/mol. The molecule has 0 spiro atoms. The van der Waals surface area contributed by atoms with E-state index < -0.39 is 6.29 Å². The van der Waals surface area contributed by atoms with Gasteiger partial charge in [0.2, 0.25) is 0 Å². The van der Waals surface area contributed by atoms with Gasteiger partial charge in [0.05, 0.1) is 0 Å². The highest BCUT2D eigenvalue weighted by Gasteiger charge is 2.04. The Hall–Kier alpha value is -0.120. The number of rotatable bonds is 5. The summed E-state index contributed by atoms with van der Waals surface area (Å²) in [7, 11) is 1.95. The van der Waals surface area contributed by atoms with E-state index in [1.165, 1.54) is 0 Å². The van der Waals surface area contributed by atoms with Crippen LogP contribution in [0.15, 0.2) is 0 Å². The average Bonchev–Trinajstić information content (AvgIpc) is 1.88. The summed E-state index contributed by atoms with van der Waals surface area (Å²) >= 11 is 0.